The van der Waals surface area contributed by atoms with Gasteiger partial charge in [0.05, 0.1) is 19.1 Å². The third-order valence-corrected chi connectivity index (χ3v) is 17.7. The van der Waals surface area contributed by atoms with Crippen molar-refractivity contribution in [2.75, 3.05) is 13.2 Å². The zero-order valence-electron chi connectivity index (χ0n) is 25.4. The summed E-state index contributed by atoms with van der Waals surface area (Å²) >= 11 is 0. The second kappa shape index (κ2) is 11.5. The number of hydrogen-bond acceptors (Lipinski definition) is 5. The maximum absolute atomic E-state index is 14.3. The molecule has 0 saturated carbocycles. The van der Waals surface area contributed by atoms with Crippen molar-refractivity contribution in [3.8, 4) is 0 Å². The van der Waals surface area contributed by atoms with E-state index in [1.54, 1.807) is 19.1 Å². The van der Waals surface area contributed by atoms with Crippen LogP contribution in [0.2, 0.25) is 55.9 Å². The van der Waals surface area contributed by atoms with Crippen molar-refractivity contribution in [1.29, 1.82) is 0 Å². The highest BCUT2D eigenvalue weighted by Gasteiger charge is 2.51. The van der Waals surface area contributed by atoms with Gasteiger partial charge in [-0.05, 0) is 62.8 Å². The first-order chi connectivity index (χ1) is 16.0. The molecule has 1 atom stereocenters. The molecule has 1 aromatic rings. The van der Waals surface area contributed by atoms with Crippen molar-refractivity contribution < 1.29 is 22.9 Å². The normalized spacial score (nSPS) is 15.1. The Labute approximate surface area is 224 Å². The van der Waals surface area contributed by atoms with Gasteiger partial charge in [-0.25, -0.2) is 0 Å². The maximum Gasteiger partial charge on any atom is 0.192 e. The van der Waals surface area contributed by atoms with E-state index in [-0.39, 0.29) is 34.9 Å². The highest BCUT2D eigenvalue weighted by atomic mass is 28.4. The summed E-state index contributed by atoms with van der Waals surface area (Å²) in [5, 5.41) is -0.0700. The molecule has 0 amide bonds. The molecule has 0 N–H and O–H groups in total. The predicted molar refractivity (Wildman–Crippen MR) is 158 cm³/mol. The number of ketones is 2. The summed E-state index contributed by atoms with van der Waals surface area (Å²) in [6, 6.07) is 9.01. The van der Waals surface area contributed by atoms with E-state index < -0.39 is 36.5 Å². The molecule has 0 aromatic heterocycles. The zero-order chi connectivity index (χ0) is 28.4. The number of carbonyl (C=O) groups is 2. The predicted octanol–water partition coefficient (Wildman–Crippen LogP) is 7.71. The molecule has 1 rings (SSSR count). The molecule has 0 spiro atoms. The first-order valence-electron chi connectivity index (χ1n) is 13.1. The zero-order valence-corrected chi connectivity index (χ0v) is 28.4. The molecule has 0 aliphatic rings. The lowest BCUT2D eigenvalue weighted by Crippen LogP contribution is -2.61. The second-order valence-corrected chi connectivity index (χ2v) is 28.2. The van der Waals surface area contributed by atoms with Crippen LogP contribution in [0.3, 0.4) is 0 Å². The Morgan fingerprint density at radius 2 is 1.14 bits per heavy atom. The van der Waals surface area contributed by atoms with Crippen LogP contribution in [0, 0.1) is 5.92 Å². The number of carbonyl (C=O) groups excluding carboxylic acids is 2. The van der Waals surface area contributed by atoms with Gasteiger partial charge in [0.15, 0.2) is 42.1 Å². The van der Waals surface area contributed by atoms with Crippen molar-refractivity contribution in [2.24, 2.45) is 5.92 Å². The van der Waals surface area contributed by atoms with E-state index in [4.69, 9.17) is 13.3 Å². The van der Waals surface area contributed by atoms with Crippen LogP contribution in [-0.4, -0.2) is 55.3 Å². The third-order valence-electron chi connectivity index (χ3n) is 7.74. The molecule has 8 heteroatoms. The lowest BCUT2D eigenvalue weighted by Gasteiger charge is -2.45. The van der Waals surface area contributed by atoms with Gasteiger partial charge in [-0.2, -0.15) is 0 Å². The Bertz CT molecular complexity index is 860. The third kappa shape index (κ3) is 8.56. The van der Waals surface area contributed by atoms with Gasteiger partial charge in [0.1, 0.15) is 0 Å². The van der Waals surface area contributed by atoms with Gasteiger partial charge >= 0.3 is 0 Å². The molecule has 0 saturated heterocycles. The molecule has 0 fully saturated rings. The molecule has 206 valence electrons. The Morgan fingerprint density at radius 1 is 0.750 bits per heavy atom. The molecule has 1 aromatic carbocycles. The molecule has 36 heavy (non-hydrogen) atoms. The summed E-state index contributed by atoms with van der Waals surface area (Å²) < 4.78 is 20.0. The smallest absolute Gasteiger partial charge is 0.192 e. The van der Waals surface area contributed by atoms with Crippen LogP contribution in [0.25, 0.3) is 0 Å². The van der Waals surface area contributed by atoms with Gasteiger partial charge in [0, 0.05) is 5.56 Å². The van der Waals surface area contributed by atoms with Gasteiger partial charge < -0.3 is 13.3 Å². The van der Waals surface area contributed by atoms with E-state index in [1.165, 1.54) is 0 Å². The van der Waals surface area contributed by atoms with Crippen LogP contribution >= 0.6 is 0 Å². The van der Waals surface area contributed by atoms with Gasteiger partial charge in [-0.15, -0.1) is 0 Å². The molecular formula is C28H52O5Si3. The summed E-state index contributed by atoms with van der Waals surface area (Å²) in [4.78, 5) is 27.7. The van der Waals surface area contributed by atoms with Crippen LogP contribution in [-0.2, 0) is 18.1 Å². The molecule has 1 unspecified atom stereocenters. The molecule has 0 aliphatic carbocycles. The Balaban J connectivity index is 3.58. The summed E-state index contributed by atoms with van der Waals surface area (Å²) in [6.07, 6.45) is 0. The monoisotopic (exact) mass is 552 g/mol. The first kappa shape index (κ1) is 33.1. The fraction of sp³-hybridized carbons (Fsp3) is 0.714. The number of Topliss-reactive ketones (excluding diaryl/α,β-unsaturated/α-hetero) is 2. The van der Waals surface area contributed by atoms with E-state index in [1.807, 2.05) is 18.2 Å². The summed E-state index contributed by atoms with van der Waals surface area (Å²) in [5.74, 6) is -1.34. The van der Waals surface area contributed by atoms with E-state index in [9.17, 15) is 9.59 Å². The quantitative estimate of drug-likeness (QED) is 0.151. The van der Waals surface area contributed by atoms with Crippen molar-refractivity contribution >= 4 is 36.5 Å². The van der Waals surface area contributed by atoms with Crippen molar-refractivity contribution in [3.05, 3.63) is 35.9 Å². The minimum absolute atomic E-state index is 0.0350. The van der Waals surface area contributed by atoms with Crippen LogP contribution in [0.1, 0.15) is 58.8 Å². The Hall–Kier alpha value is -0.909. The van der Waals surface area contributed by atoms with Crippen LogP contribution < -0.4 is 0 Å². The SMILES string of the molecule is CC(C(=O)c1ccccc1)C(=O)C(CO[Si](C)(C)C(C)(C)C)(CO[Si](C)(C)C(C)(C)C)O[Si](C)(C)C. The summed E-state index contributed by atoms with van der Waals surface area (Å²) in [5.41, 5.74) is -0.824. The summed E-state index contributed by atoms with van der Waals surface area (Å²) in [7, 11) is -6.70. The van der Waals surface area contributed by atoms with Crippen LogP contribution in [0.4, 0.5) is 0 Å². The van der Waals surface area contributed by atoms with E-state index in [0.717, 1.165) is 0 Å². The minimum Gasteiger partial charge on any atom is -0.413 e. The van der Waals surface area contributed by atoms with Gasteiger partial charge in [0.25, 0.3) is 0 Å². The van der Waals surface area contributed by atoms with E-state index in [2.05, 4.69) is 87.4 Å². The molecule has 5 nitrogen and oxygen atoms in total. The highest BCUT2D eigenvalue weighted by molar-refractivity contribution is 6.74. The fourth-order valence-corrected chi connectivity index (χ4v) is 6.72. The standard InChI is InChI=1S/C28H52O5Si3/c1-22(24(29)23-18-16-15-17-19-23)25(30)28(33-34(8,9)10,20-31-35(11,12)26(2,3)4)21-32-36(13,14)27(5,6)7/h15-19,22H,20-21H2,1-14H3. The maximum atomic E-state index is 14.3. The van der Waals surface area contributed by atoms with Crippen molar-refractivity contribution in [3.63, 3.8) is 0 Å². The lowest BCUT2D eigenvalue weighted by atomic mass is 9.86. The van der Waals surface area contributed by atoms with Crippen molar-refractivity contribution in [2.45, 2.75) is 110 Å². The molecule has 0 radical (unpaired) electrons. The molecule has 0 aliphatic heterocycles. The Kier molecular flexibility index (Phi) is 10.5. The molecule has 0 bridgehead atoms. The number of benzene rings is 1. The molecule has 0 heterocycles. The van der Waals surface area contributed by atoms with Crippen LogP contribution in [0.5, 0.6) is 0 Å². The summed E-state index contributed by atoms with van der Waals surface area (Å²) in [6.45, 7) is 29.8. The number of hydrogen-bond donors (Lipinski definition) is 0. The number of rotatable bonds is 12. The lowest BCUT2D eigenvalue weighted by molar-refractivity contribution is -0.144. The average molecular weight is 553 g/mol. The van der Waals surface area contributed by atoms with Crippen LogP contribution in [0.15, 0.2) is 30.3 Å². The first-order valence-corrected chi connectivity index (χ1v) is 22.3. The fourth-order valence-electron chi connectivity index (χ4n) is 3.27. The largest absolute Gasteiger partial charge is 0.413 e. The highest BCUT2D eigenvalue weighted by Crippen LogP contribution is 2.40. The van der Waals surface area contributed by atoms with Gasteiger partial charge in [-0.1, -0.05) is 71.9 Å². The second-order valence-electron chi connectivity index (χ2n) is 14.1. The average Bonchev–Trinajstić information content (AvgIpc) is 2.72. The Morgan fingerprint density at radius 3 is 1.47 bits per heavy atom. The molecular weight excluding hydrogens is 501 g/mol. The van der Waals surface area contributed by atoms with E-state index in [0.29, 0.717) is 5.56 Å². The van der Waals surface area contributed by atoms with Gasteiger partial charge in [0.2, 0.25) is 0 Å². The van der Waals surface area contributed by atoms with Gasteiger partial charge in [-0.3, -0.25) is 9.59 Å². The minimum atomic E-state index is -2.26. The topological polar surface area (TPSA) is 61.8 Å². The van der Waals surface area contributed by atoms with E-state index >= 15 is 0 Å². The van der Waals surface area contributed by atoms with Crippen molar-refractivity contribution in [1.82, 2.24) is 0 Å².